The van der Waals surface area contributed by atoms with Gasteiger partial charge in [0.25, 0.3) is 5.91 Å². The summed E-state index contributed by atoms with van der Waals surface area (Å²) in [6.07, 6.45) is 1.01. The topological polar surface area (TPSA) is 41.1 Å². The van der Waals surface area contributed by atoms with Gasteiger partial charge in [-0.3, -0.25) is 4.79 Å². The maximum atomic E-state index is 12.3. The molecular formula is C16H26N2OS. The fourth-order valence-corrected chi connectivity index (χ4v) is 2.78. The molecule has 4 heteroatoms. The summed E-state index contributed by atoms with van der Waals surface area (Å²) in [5.74, 6) is 2.23. The van der Waals surface area contributed by atoms with Crippen LogP contribution in [-0.4, -0.2) is 30.0 Å². The molecule has 1 rings (SSSR count). The zero-order valence-electron chi connectivity index (χ0n) is 13.0. The Bertz CT molecular complexity index is 434. The quantitative estimate of drug-likeness (QED) is 0.719. The van der Waals surface area contributed by atoms with E-state index in [-0.39, 0.29) is 11.9 Å². The lowest BCUT2D eigenvalue weighted by Gasteiger charge is -2.16. The van der Waals surface area contributed by atoms with Crippen LogP contribution in [0.5, 0.6) is 0 Å². The summed E-state index contributed by atoms with van der Waals surface area (Å²) in [7, 11) is 0. The van der Waals surface area contributed by atoms with Crippen LogP contribution in [0.2, 0.25) is 0 Å². The van der Waals surface area contributed by atoms with Gasteiger partial charge in [0.1, 0.15) is 0 Å². The normalized spacial score (nSPS) is 12.0. The van der Waals surface area contributed by atoms with Gasteiger partial charge in [0.15, 0.2) is 0 Å². The molecule has 0 aliphatic heterocycles. The van der Waals surface area contributed by atoms with Gasteiger partial charge in [-0.05, 0) is 56.4 Å². The fraction of sp³-hybridized carbons (Fsp3) is 0.562. The zero-order valence-corrected chi connectivity index (χ0v) is 13.8. The molecule has 0 fully saturated rings. The third kappa shape index (κ3) is 5.45. The molecule has 0 aliphatic carbocycles. The summed E-state index contributed by atoms with van der Waals surface area (Å²) in [5.41, 5.74) is 2.80. The summed E-state index contributed by atoms with van der Waals surface area (Å²) in [5, 5.41) is 6.34. The molecule has 1 amide bonds. The van der Waals surface area contributed by atoms with Crippen molar-refractivity contribution in [3.63, 3.8) is 0 Å². The van der Waals surface area contributed by atoms with Crippen molar-refractivity contribution < 1.29 is 4.79 Å². The van der Waals surface area contributed by atoms with Crippen LogP contribution in [0.15, 0.2) is 18.2 Å². The minimum Gasteiger partial charge on any atom is -0.385 e. The van der Waals surface area contributed by atoms with Crippen molar-refractivity contribution in [1.82, 2.24) is 5.32 Å². The molecule has 0 saturated heterocycles. The Morgan fingerprint density at radius 2 is 2.10 bits per heavy atom. The third-order valence-corrected chi connectivity index (χ3v) is 4.00. The molecule has 0 saturated carbocycles. The van der Waals surface area contributed by atoms with E-state index in [1.54, 1.807) is 0 Å². The standard InChI is InChI=1S/C16H26N2OS/c1-5-17-15-11-12(3)7-8-14(15)16(19)18-13(4)9-10-20-6-2/h7-8,11,13,17H,5-6,9-10H2,1-4H3,(H,18,19). The van der Waals surface area contributed by atoms with Crippen molar-refractivity contribution in [2.75, 3.05) is 23.4 Å². The summed E-state index contributed by atoms with van der Waals surface area (Å²) in [6, 6.07) is 6.11. The maximum Gasteiger partial charge on any atom is 0.253 e. The van der Waals surface area contributed by atoms with E-state index in [1.807, 2.05) is 43.8 Å². The predicted octanol–water partition coefficient (Wildman–Crippen LogP) is 3.69. The molecule has 2 N–H and O–H groups in total. The van der Waals surface area contributed by atoms with Gasteiger partial charge >= 0.3 is 0 Å². The van der Waals surface area contributed by atoms with Crippen LogP contribution in [0.1, 0.15) is 43.1 Å². The number of amides is 1. The molecule has 0 aromatic heterocycles. The second-order valence-corrected chi connectivity index (χ2v) is 6.33. The fourth-order valence-electron chi connectivity index (χ4n) is 1.97. The van der Waals surface area contributed by atoms with Crippen molar-refractivity contribution >= 4 is 23.4 Å². The SMILES string of the molecule is CCNc1cc(C)ccc1C(=O)NC(C)CCSCC. The first kappa shape index (κ1) is 16.9. The van der Waals surface area contributed by atoms with E-state index < -0.39 is 0 Å². The lowest BCUT2D eigenvalue weighted by Crippen LogP contribution is -2.33. The highest BCUT2D eigenvalue weighted by Crippen LogP contribution is 2.18. The Kier molecular flexibility index (Phi) is 7.52. The molecule has 1 unspecified atom stereocenters. The number of carbonyl (C=O) groups excluding carboxylic acids is 1. The number of aryl methyl sites for hydroxylation is 1. The molecule has 1 atom stereocenters. The van der Waals surface area contributed by atoms with Gasteiger partial charge in [-0.1, -0.05) is 13.0 Å². The Labute approximate surface area is 126 Å². The van der Waals surface area contributed by atoms with Gasteiger partial charge in [-0.25, -0.2) is 0 Å². The Hall–Kier alpha value is -1.16. The average molecular weight is 294 g/mol. The number of hydrogen-bond acceptors (Lipinski definition) is 3. The number of hydrogen-bond donors (Lipinski definition) is 2. The number of rotatable bonds is 8. The van der Waals surface area contributed by atoms with Gasteiger partial charge in [-0.2, -0.15) is 11.8 Å². The average Bonchev–Trinajstić information content (AvgIpc) is 2.39. The molecular weight excluding hydrogens is 268 g/mol. The molecule has 0 radical (unpaired) electrons. The summed E-state index contributed by atoms with van der Waals surface area (Å²) >= 11 is 1.91. The molecule has 0 spiro atoms. The largest absolute Gasteiger partial charge is 0.385 e. The second-order valence-electron chi connectivity index (χ2n) is 4.94. The maximum absolute atomic E-state index is 12.3. The van der Waals surface area contributed by atoms with Crippen molar-refractivity contribution in [1.29, 1.82) is 0 Å². The molecule has 1 aromatic carbocycles. The third-order valence-electron chi connectivity index (χ3n) is 3.06. The van der Waals surface area contributed by atoms with Gasteiger partial charge in [0, 0.05) is 18.3 Å². The summed E-state index contributed by atoms with van der Waals surface area (Å²) < 4.78 is 0. The van der Waals surface area contributed by atoms with Crippen LogP contribution in [-0.2, 0) is 0 Å². The van der Waals surface area contributed by atoms with Gasteiger partial charge < -0.3 is 10.6 Å². The summed E-state index contributed by atoms with van der Waals surface area (Å²) in [6.45, 7) is 9.10. The van der Waals surface area contributed by atoms with Crippen molar-refractivity contribution in [2.45, 2.75) is 40.2 Å². The second kappa shape index (κ2) is 8.90. The van der Waals surface area contributed by atoms with E-state index in [4.69, 9.17) is 0 Å². The van der Waals surface area contributed by atoms with Crippen LogP contribution in [0, 0.1) is 6.92 Å². The molecule has 1 aromatic rings. The smallest absolute Gasteiger partial charge is 0.253 e. The number of benzene rings is 1. The Morgan fingerprint density at radius 3 is 2.75 bits per heavy atom. The highest BCUT2D eigenvalue weighted by molar-refractivity contribution is 7.99. The van der Waals surface area contributed by atoms with Crippen LogP contribution in [0.4, 0.5) is 5.69 Å². The number of nitrogens with one attached hydrogen (secondary N) is 2. The van der Waals surface area contributed by atoms with Crippen LogP contribution < -0.4 is 10.6 Å². The monoisotopic (exact) mass is 294 g/mol. The van der Waals surface area contributed by atoms with E-state index in [1.165, 1.54) is 0 Å². The minimum absolute atomic E-state index is 0.00921. The lowest BCUT2D eigenvalue weighted by atomic mass is 10.1. The van der Waals surface area contributed by atoms with E-state index >= 15 is 0 Å². The zero-order chi connectivity index (χ0) is 15.0. The first-order valence-corrected chi connectivity index (χ1v) is 8.47. The molecule has 0 heterocycles. The first-order valence-electron chi connectivity index (χ1n) is 7.31. The lowest BCUT2D eigenvalue weighted by molar-refractivity contribution is 0.0940. The van der Waals surface area contributed by atoms with E-state index in [2.05, 4.69) is 24.5 Å². The minimum atomic E-state index is 0.00921. The Morgan fingerprint density at radius 1 is 1.35 bits per heavy atom. The molecule has 3 nitrogen and oxygen atoms in total. The van der Waals surface area contributed by atoms with Crippen LogP contribution in [0.3, 0.4) is 0 Å². The number of thioether (sulfide) groups is 1. The molecule has 112 valence electrons. The van der Waals surface area contributed by atoms with Gasteiger partial charge in [0.2, 0.25) is 0 Å². The first-order chi connectivity index (χ1) is 9.58. The van der Waals surface area contributed by atoms with E-state index in [9.17, 15) is 4.79 Å². The predicted molar refractivity (Wildman–Crippen MR) is 89.9 cm³/mol. The number of carbonyl (C=O) groups is 1. The van der Waals surface area contributed by atoms with Crippen LogP contribution in [0.25, 0.3) is 0 Å². The summed E-state index contributed by atoms with van der Waals surface area (Å²) in [4.78, 5) is 12.3. The highest BCUT2D eigenvalue weighted by Gasteiger charge is 2.13. The van der Waals surface area contributed by atoms with Gasteiger partial charge in [0.05, 0.1) is 5.56 Å². The van der Waals surface area contributed by atoms with Crippen molar-refractivity contribution in [3.05, 3.63) is 29.3 Å². The highest BCUT2D eigenvalue weighted by atomic mass is 32.2. The molecule has 0 bridgehead atoms. The Balaban J connectivity index is 2.66. The van der Waals surface area contributed by atoms with Crippen molar-refractivity contribution in [3.8, 4) is 0 Å². The molecule has 20 heavy (non-hydrogen) atoms. The van der Waals surface area contributed by atoms with Gasteiger partial charge in [-0.15, -0.1) is 0 Å². The van der Waals surface area contributed by atoms with Crippen LogP contribution >= 0.6 is 11.8 Å². The van der Waals surface area contributed by atoms with E-state index in [0.717, 1.165) is 41.3 Å². The molecule has 0 aliphatic rings. The van der Waals surface area contributed by atoms with E-state index in [0.29, 0.717) is 0 Å². The van der Waals surface area contributed by atoms with Crippen molar-refractivity contribution in [2.24, 2.45) is 0 Å². The number of anilines is 1.